The number of hydrogen-bond acceptors (Lipinski definition) is 4. The summed E-state index contributed by atoms with van der Waals surface area (Å²) in [6, 6.07) is 0.584. The number of carbonyl (C=O) groups is 2. The van der Waals surface area contributed by atoms with Crippen molar-refractivity contribution in [3.63, 3.8) is 0 Å². The van der Waals surface area contributed by atoms with Crippen molar-refractivity contribution >= 4 is 11.8 Å². The van der Waals surface area contributed by atoms with Gasteiger partial charge in [-0.05, 0) is 31.6 Å². The lowest BCUT2D eigenvalue weighted by molar-refractivity contribution is -0.148. The van der Waals surface area contributed by atoms with E-state index in [0.29, 0.717) is 37.6 Å². The minimum atomic E-state index is -0.588. The van der Waals surface area contributed by atoms with Crippen LogP contribution in [0.4, 0.5) is 0 Å². The van der Waals surface area contributed by atoms with Crippen LogP contribution in [0.15, 0.2) is 0 Å². The Morgan fingerprint density at radius 3 is 2.60 bits per heavy atom. The van der Waals surface area contributed by atoms with E-state index in [9.17, 15) is 9.59 Å². The summed E-state index contributed by atoms with van der Waals surface area (Å²) >= 11 is 0. The minimum Gasteiger partial charge on any atom is -0.377 e. The molecule has 3 fully saturated rings. The highest BCUT2D eigenvalue weighted by molar-refractivity contribution is 5.87. The molecule has 0 aromatic carbocycles. The second-order valence-electron chi connectivity index (χ2n) is 6.26. The van der Waals surface area contributed by atoms with E-state index in [1.807, 2.05) is 0 Å². The maximum Gasteiger partial charge on any atom is 0.242 e. The number of nitrogens with two attached hydrogens (primary N) is 1. The molecule has 0 aromatic rings. The van der Waals surface area contributed by atoms with Gasteiger partial charge in [-0.25, -0.2) is 0 Å². The van der Waals surface area contributed by atoms with Crippen LogP contribution in [0.3, 0.4) is 0 Å². The van der Waals surface area contributed by atoms with Crippen molar-refractivity contribution in [3.05, 3.63) is 0 Å². The van der Waals surface area contributed by atoms with Crippen molar-refractivity contribution in [2.75, 3.05) is 19.8 Å². The van der Waals surface area contributed by atoms with Crippen LogP contribution >= 0.6 is 0 Å². The molecule has 112 valence electrons. The van der Waals surface area contributed by atoms with Crippen molar-refractivity contribution in [2.45, 2.75) is 50.2 Å². The number of amides is 2. The predicted molar refractivity (Wildman–Crippen MR) is 72.8 cm³/mol. The minimum absolute atomic E-state index is 0.0587. The van der Waals surface area contributed by atoms with Crippen molar-refractivity contribution < 1.29 is 14.3 Å². The zero-order valence-corrected chi connectivity index (χ0v) is 11.7. The summed E-state index contributed by atoms with van der Waals surface area (Å²) in [5.41, 5.74) is 5.36. The normalized spacial score (nSPS) is 36.9. The Morgan fingerprint density at radius 1 is 1.25 bits per heavy atom. The molecule has 6 nitrogen and oxygen atoms in total. The van der Waals surface area contributed by atoms with Gasteiger partial charge in [0.1, 0.15) is 6.04 Å². The molecule has 2 amide bonds. The van der Waals surface area contributed by atoms with E-state index in [0.717, 1.165) is 12.8 Å². The number of carbonyl (C=O) groups excluding carboxylic acids is 2. The highest BCUT2D eigenvalue weighted by Crippen LogP contribution is 2.33. The number of ether oxygens (including phenoxy) is 1. The van der Waals surface area contributed by atoms with E-state index in [1.54, 1.807) is 4.90 Å². The molecule has 0 aromatic heterocycles. The Labute approximate surface area is 119 Å². The first-order valence-corrected chi connectivity index (χ1v) is 7.56. The molecule has 3 N–H and O–H groups in total. The third-order valence-electron chi connectivity index (χ3n) is 4.81. The number of nitrogens with one attached hydrogen (secondary N) is 1. The number of primary amides is 1. The van der Waals surface area contributed by atoms with Crippen molar-refractivity contribution in [3.8, 4) is 0 Å². The predicted octanol–water partition coefficient (Wildman–Crippen LogP) is -0.380. The van der Waals surface area contributed by atoms with E-state index < -0.39 is 11.9 Å². The van der Waals surface area contributed by atoms with Crippen molar-refractivity contribution in [2.24, 2.45) is 11.7 Å². The summed E-state index contributed by atoms with van der Waals surface area (Å²) in [6.45, 7) is 1.20. The van der Waals surface area contributed by atoms with Crippen LogP contribution in [0, 0.1) is 5.92 Å². The molecule has 0 saturated carbocycles. The van der Waals surface area contributed by atoms with Gasteiger partial charge in [0.05, 0.1) is 13.2 Å². The Bertz CT molecular complexity index is 389. The lowest BCUT2D eigenvalue weighted by Gasteiger charge is -2.36. The molecule has 3 atom stereocenters. The summed E-state index contributed by atoms with van der Waals surface area (Å²) in [6.07, 6.45) is 5.16. The molecule has 3 aliphatic heterocycles. The van der Waals surface area contributed by atoms with Crippen LogP contribution in [0.1, 0.15) is 32.1 Å². The highest BCUT2D eigenvalue weighted by Gasteiger charge is 2.37. The average Bonchev–Trinajstić information content (AvgIpc) is 2.78. The molecule has 0 spiro atoms. The number of piperidine rings is 1. The van der Waals surface area contributed by atoms with Gasteiger partial charge in [0.2, 0.25) is 11.8 Å². The first-order chi connectivity index (χ1) is 9.63. The van der Waals surface area contributed by atoms with Crippen LogP contribution in [0.5, 0.6) is 0 Å². The topological polar surface area (TPSA) is 84.7 Å². The number of morpholine rings is 1. The smallest absolute Gasteiger partial charge is 0.242 e. The average molecular weight is 281 g/mol. The van der Waals surface area contributed by atoms with Crippen LogP contribution in [0.25, 0.3) is 0 Å². The maximum atomic E-state index is 12.5. The molecule has 2 bridgehead atoms. The monoisotopic (exact) mass is 281 g/mol. The second kappa shape index (κ2) is 5.69. The maximum absolute atomic E-state index is 12.5. The van der Waals surface area contributed by atoms with Gasteiger partial charge in [-0.15, -0.1) is 0 Å². The first-order valence-electron chi connectivity index (χ1n) is 7.56. The number of fused-ring (bicyclic) bond motifs is 2. The number of nitrogens with zero attached hydrogens (tertiary/aromatic N) is 1. The van der Waals surface area contributed by atoms with Gasteiger partial charge in [0.15, 0.2) is 0 Å². The van der Waals surface area contributed by atoms with Crippen LogP contribution < -0.4 is 11.1 Å². The Kier molecular flexibility index (Phi) is 3.94. The van der Waals surface area contributed by atoms with E-state index in [-0.39, 0.29) is 12.5 Å². The van der Waals surface area contributed by atoms with Gasteiger partial charge in [-0.1, -0.05) is 0 Å². The molecular weight excluding hydrogens is 258 g/mol. The van der Waals surface area contributed by atoms with E-state index >= 15 is 0 Å². The van der Waals surface area contributed by atoms with Gasteiger partial charge < -0.3 is 20.7 Å². The third kappa shape index (κ3) is 2.81. The standard InChI is InChI=1S/C14H23N3O3/c15-14(19)12-8-20-4-3-17(12)13(18)7-9-5-10-1-2-11(6-9)16-10/h9-12,16H,1-8H2,(H2,15,19). The zero-order chi connectivity index (χ0) is 14.1. The zero-order valence-electron chi connectivity index (χ0n) is 11.7. The Balaban J connectivity index is 1.59. The van der Waals surface area contributed by atoms with Gasteiger partial charge >= 0.3 is 0 Å². The molecule has 3 rings (SSSR count). The van der Waals surface area contributed by atoms with Gasteiger partial charge in [0.25, 0.3) is 0 Å². The van der Waals surface area contributed by atoms with Crippen LogP contribution in [-0.2, 0) is 14.3 Å². The summed E-state index contributed by atoms with van der Waals surface area (Å²) in [5, 5.41) is 3.58. The summed E-state index contributed by atoms with van der Waals surface area (Å²) in [7, 11) is 0. The largest absolute Gasteiger partial charge is 0.377 e. The highest BCUT2D eigenvalue weighted by atomic mass is 16.5. The van der Waals surface area contributed by atoms with Crippen molar-refractivity contribution in [1.29, 1.82) is 0 Å². The second-order valence-corrected chi connectivity index (χ2v) is 6.26. The van der Waals surface area contributed by atoms with E-state index in [1.165, 1.54) is 12.8 Å². The quantitative estimate of drug-likeness (QED) is 0.738. The fourth-order valence-electron chi connectivity index (χ4n) is 3.84. The van der Waals surface area contributed by atoms with E-state index in [2.05, 4.69) is 5.32 Å². The molecule has 0 aliphatic carbocycles. The first kappa shape index (κ1) is 13.8. The molecule has 6 heteroatoms. The lowest BCUT2D eigenvalue weighted by atomic mass is 9.89. The Morgan fingerprint density at radius 2 is 1.95 bits per heavy atom. The van der Waals surface area contributed by atoms with Gasteiger partial charge in [0, 0.05) is 25.0 Å². The molecule has 0 radical (unpaired) electrons. The number of hydrogen-bond donors (Lipinski definition) is 2. The van der Waals surface area contributed by atoms with Gasteiger partial charge in [-0.2, -0.15) is 0 Å². The van der Waals surface area contributed by atoms with E-state index in [4.69, 9.17) is 10.5 Å². The SMILES string of the molecule is NC(=O)C1COCCN1C(=O)CC1CC2CCC(C1)N2. The summed E-state index contributed by atoms with van der Waals surface area (Å²) in [5.74, 6) is 0.0319. The van der Waals surface area contributed by atoms with Crippen LogP contribution in [-0.4, -0.2) is 54.6 Å². The number of rotatable bonds is 3. The fourth-order valence-corrected chi connectivity index (χ4v) is 3.84. The van der Waals surface area contributed by atoms with Crippen molar-refractivity contribution in [1.82, 2.24) is 10.2 Å². The third-order valence-corrected chi connectivity index (χ3v) is 4.81. The molecule has 3 saturated heterocycles. The molecular formula is C14H23N3O3. The molecule has 20 heavy (non-hydrogen) atoms. The molecule has 3 heterocycles. The fraction of sp³-hybridized carbons (Fsp3) is 0.857. The lowest BCUT2D eigenvalue weighted by Crippen LogP contribution is -2.55. The Hall–Kier alpha value is -1.14. The molecule has 3 unspecified atom stereocenters. The summed E-state index contributed by atoms with van der Waals surface area (Å²) in [4.78, 5) is 25.5. The van der Waals surface area contributed by atoms with Gasteiger partial charge in [-0.3, -0.25) is 9.59 Å². The molecule has 3 aliphatic rings. The summed E-state index contributed by atoms with van der Waals surface area (Å²) < 4.78 is 5.25. The van der Waals surface area contributed by atoms with Crippen LogP contribution in [0.2, 0.25) is 0 Å².